The molecule has 1 aromatic carbocycles. The monoisotopic (exact) mass is 266 g/mol. The van der Waals surface area contributed by atoms with Crippen LogP contribution < -0.4 is 5.32 Å². The molecule has 0 fully saturated rings. The van der Waals surface area contributed by atoms with Crippen molar-refractivity contribution in [2.45, 2.75) is 19.9 Å². The summed E-state index contributed by atoms with van der Waals surface area (Å²) in [6.45, 7) is 3.83. The number of thiazole rings is 1. The van der Waals surface area contributed by atoms with Gasteiger partial charge in [-0.1, -0.05) is 23.7 Å². The zero-order valence-electron chi connectivity index (χ0n) is 9.74. The molecule has 1 heterocycles. The van der Waals surface area contributed by atoms with E-state index in [9.17, 15) is 0 Å². The summed E-state index contributed by atoms with van der Waals surface area (Å²) in [5.74, 6) is 0. The smallest absolute Gasteiger partial charge is 0.107 e. The minimum atomic E-state index is 0.792. The number of aromatic nitrogens is 1. The van der Waals surface area contributed by atoms with E-state index in [0.29, 0.717) is 0 Å². The SMILES string of the molecule is Cc1csc(CNCCc2ccc(Cl)cc2)n1. The van der Waals surface area contributed by atoms with Crippen LogP contribution in [0.5, 0.6) is 0 Å². The first-order valence-electron chi connectivity index (χ1n) is 5.60. The highest BCUT2D eigenvalue weighted by Crippen LogP contribution is 2.10. The zero-order valence-corrected chi connectivity index (χ0v) is 11.3. The average molecular weight is 267 g/mol. The lowest BCUT2D eigenvalue weighted by Gasteiger charge is -2.03. The Morgan fingerprint density at radius 2 is 2.06 bits per heavy atom. The standard InChI is InChI=1S/C13H15ClN2S/c1-10-9-17-13(16-10)8-15-7-6-11-2-4-12(14)5-3-11/h2-5,9,15H,6-8H2,1H3. The molecule has 1 N–H and O–H groups in total. The van der Waals surface area contributed by atoms with Gasteiger partial charge in [-0.15, -0.1) is 11.3 Å². The highest BCUT2D eigenvalue weighted by Gasteiger charge is 1.98. The highest BCUT2D eigenvalue weighted by atomic mass is 35.5. The Morgan fingerprint density at radius 3 is 2.71 bits per heavy atom. The van der Waals surface area contributed by atoms with Crippen molar-refractivity contribution in [1.29, 1.82) is 0 Å². The average Bonchev–Trinajstić information content (AvgIpc) is 2.73. The van der Waals surface area contributed by atoms with Crippen LogP contribution >= 0.6 is 22.9 Å². The first-order chi connectivity index (χ1) is 8.24. The number of hydrogen-bond donors (Lipinski definition) is 1. The van der Waals surface area contributed by atoms with Crippen LogP contribution in [0.2, 0.25) is 5.02 Å². The van der Waals surface area contributed by atoms with Crippen LogP contribution in [-0.2, 0) is 13.0 Å². The van der Waals surface area contributed by atoms with Crippen molar-refractivity contribution in [1.82, 2.24) is 10.3 Å². The Kier molecular flexibility index (Phi) is 4.54. The van der Waals surface area contributed by atoms with Crippen molar-refractivity contribution < 1.29 is 0 Å². The van der Waals surface area contributed by atoms with Gasteiger partial charge in [0.2, 0.25) is 0 Å². The molecule has 0 bridgehead atoms. The normalized spacial score (nSPS) is 10.7. The summed E-state index contributed by atoms with van der Waals surface area (Å²) in [5, 5.41) is 7.42. The molecule has 17 heavy (non-hydrogen) atoms. The zero-order chi connectivity index (χ0) is 12.1. The molecule has 0 saturated carbocycles. The van der Waals surface area contributed by atoms with Crippen molar-refractivity contribution in [3.63, 3.8) is 0 Å². The van der Waals surface area contributed by atoms with Gasteiger partial charge in [0.25, 0.3) is 0 Å². The molecule has 0 aliphatic carbocycles. The van der Waals surface area contributed by atoms with Gasteiger partial charge in [-0.05, 0) is 37.6 Å². The van der Waals surface area contributed by atoms with Gasteiger partial charge in [-0.2, -0.15) is 0 Å². The first kappa shape index (κ1) is 12.6. The largest absolute Gasteiger partial charge is 0.310 e. The molecule has 4 heteroatoms. The van der Waals surface area contributed by atoms with Gasteiger partial charge in [0.05, 0.1) is 0 Å². The van der Waals surface area contributed by atoms with Crippen molar-refractivity contribution in [3.05, 3.63) is 50.9 Å². The Balaban J connectivity index is 1.71. The van der Waals surface area contributed by atoms with Crippen molar-refractivity contribution >= 4 is 22.9 Å². The molecule has 2 nitrogen and oxygen atoms in total. The number of hydrogen-bond acceptors (Lipinski definition) is 3. The number of nitrogens with zero attached hydrogens (tertiary/aromatic N) is 1. The van der Waals surface area contributed by atoms with E-state index in [1.807, 2.05) is 19.1 Å². The van der Waals surface area contributed by atoms with E-state index in [-0.39, 0.29) is 0 Å². The van der Waals surface area contributed by atoms with Crippen LogP contribution in [0, 0.1) is 6.92 Å². The molecule has 2 aromatic rings. The van der Waals surface area contributed by atoms with Gasteiger partial charge in [-0.3, -0.25) is 0 Å². The first-order valence-corrected chi connectivity index (χ1v) is 6.86. The Hall–Kier alpha value is -0.900. The van der Waals surface area contributed by atoms with E-state index in [1.54, 1.807) is 11.3 Å². The van der Waals surface area contributed by atoms with E-state index < -0.39 is 0 Å². The molecular formula is C13H15ClN2S. The van der Waals surface area contributed by atoms with Gasteiger partial charge in [0.1, 0.15) is 5.01 Å². The molecular weight excluding hydrogens is 252 g/mol. The van der Waals surface area contributed by atoms with Gasteiger partial charge in [-0.25, -0.2) is 4.98 Å². The summed E-state index contributed by atoms with van der Waals surface area (Å²) >= 11 is 7.54. The van der Waals surface area contributed by atoms with Crippen LogP contribution in [0.4, 0.5) is 0 Å². The van der Waals surface area contributed by atoms with Crippen molar-refractivity contribution in [2.24, 2.45) is 0 Å². The second kappa shape index (κ2) is 6.15. The fourth-order valence-corrected chi connectivity index (χ4v) is 2.43. The minimum Gasteiger partial charge on any atom is -0.310 e. The third-order valence-electron chi connectivity index (χ3n) is 2.45. The molecule has 2 rings (SSSR count). The molecule has 0 aliphatic heterocycles. The van der Waals surface area contributed by atoms with Crippen LogP contribution in [0.15, 0.2) is 29.6 Å². The van der Waals surface area contributed by atoms with Gasteiger partial charge in [0, 0.05) is 22.6 Å². The lowest BCUT2D eigenvalue weighted by atomic mass is 10.1. The summed E-state index contributed by atoms with van der Waals surface area (Å²) < 4.78 is 0. The topological polar surface area (TPSA) is 24.9 Å². The maximum Gasteiger partial charge on any atom is 0.107 e. The Morgan fingerprint density at radius 1 is 1.29 bits per heavy atom. The number of rotatable bonds is 5. The molecule has 0 saturated heterocycles. The van der Waals surface area contributed by atoms with Gasteiger partial charge < -0.3 is 5.32 Å². The molecule has 90 valence electrons. The van der Waals surface area contributed by atoms with E-state index in [2.05, 4.69) is 27.8 Å². The second-order valence-corrected chi connectivity index (χ2v) is 5.31. The molecule has 0 atom stereocenters. The fourth-order valence-electron chi connectivity index (χ4n) is 1.56. The summed E-state index contributed by atoms with van der Waals surface area (Å²) in [4.78, 5) is 4.41. The lowest BCUT2D eigenvalue weighted by molar-refractivity contribution is 0.683. The summed E-state index contributed by atoms with van der Waals surface area (Å²) in [5.41, 5.74) is 2.40. The minimum absolute atomic E-state index is 0.792. The number of benzene rings is 1. The van der Waals surface area contributed by atoms with E-state index >= 15 is 0 Å². The number of halogens is 1. The summed E-state index contributed by atoms with van der Waals surface area (Å²) in [6.07, 6.45) is 1.02. The third kappa shape index (κ3) is 4.11. The predicted octanol–water partition coefficient (Wildman–Crippen LogP) is 3.44. The van der Waals surface area contributed by atoms with Gasteiger partial charge >= 0.3 is 0 Å². The molecule has 1 aromatic heterocycles. The second-order valence-electron chi connectivity index (χ2n) is 3.94. The van der Waals surface area contributed by atoms with Crippen LogP contribution in [-0.4, -0.2) is 11.5 Å². The maximum absolute atomic E-state index is 5.83. The van der Waals surface area contributed by atoms with Crippen LogP contribution in [0.1, 0.15) is 16.3 Å². The predicted molar refractivity (Wildman–Crippen MR) is 73.7 cm³/mol. The van der Waals surface area contributed by atoms with Gasteiger partial charge in [0.15, 0.2) is 0 Å². The third-order valence-corrected chi connectivity index (χ3v) is 3.67. The highest BCUT2D eigenvalue weighted by molar-refractivity contribution is 7.09. The molecule has 0 unspecified atom stereocenters. The van der Waals surface area contributed by atoms with Crippen molar-refractivity contribution in [3.8, 4) is 0 Å². The van der Waals surface area contributed by atoms with Crippen LogP contribution in [0.25, 0.3) is 0 Å². The molecule has 0 radical (unpaired) electrons. The van der Waals surface area contributed by atoms with E-state index in [4.69, 9.17) is 11.6 Å². The number of nitrogens with one attached hydrogen (secondary N) is 1. The maximum atomic E-state index is 5.83. The number of aryl methyl sites for hydroxylation is 1. The molecule has 0 spiro atoms. The lowest BCUT2D eigenvalue weighted by Crippen LogP contribution is -2.16. The Labute approximate surface area is 111 Å². The quantitative estimate of drug-likeness (QED) is 0.839. The van der Waals surface area contributed by atoms with Crippen molar-refractivity contribution in [2.75, 3.05) is 6.54 Å². The van der Waals surface area contributed by atoms with E-state index in [0.717, 1.165) is 35.2 Å². The molecule has 0 amide bonds. The fraction of sp³-hybridized carbons (Fsp3) is 0.308. The molecule has 0 aliphatic rings. The Bertz CT molecular complexity index is 465. The van der Waals surface area contributed by atoms with Crippen LogP contribution in [0.3, 0.4) is 0 Å². The summed E-state index contributed by atoms with van der Waals surface area (Å²) in [7, 11) is 0. The van der Waals surface area contributed by atoms with E-state index in [1.165, 1.54) is 5.56 Å². The summed E-state index contributed by atoms with van der Waals surface area (Å²) in [6, 6.07) is 8.00.